The minimum Gasteiger partial charge on any atom is -0.376 e. The van der Waals surface area contributed by atoms with Crippen LogP contribution in [0.25, 0.3) is 0 Å². The molecule has 0 aromatic heterocycles. The van der Waals surface area contributed by atoms with Gasteiger partial charge in [0.25, 0.3) is 5.91 Å². The molecule has 3 heteroatoms. The zero-order valence-electron chi connectivity index (χ0n) is 5.22. The molecular formula is C6H9NO2. The largest absolute Gasteiger partial charge is 0.376 e. The topological polar surface area (TPSA) is 49.3 Å². The second kappa shape index (κ2) is 1.84. The Balaban J connectivity index is 2.78. The molecule has 0 bridgehead atoms. The molecule has 0 aromatic carbocycles. The van der Waals surface area contributed by atoms with Crippen LogP contribution in [0.5, 0.6) is 0 Å². The summed E-state index contributed by atoms with van der Waals surface area (Å²) in [4.78, 5) is 10.7. The third-order valence-electron chi connectivity index (χ3n) is 1.51. The van der Waals surface area contributed by atoms with Crippen molar-refractivity contribution < 1.29 is 9.90 Å². The van der Waals surface area contributed by atoms with Crippen LogP contribution in [-0.2, 0) is 4.79 Å². The van der Waals surface area contributed by atoms with Crippen LogP contribution in [0.15, 0.2) is 12.3 Å². The van der Waals surface area contributed by atoms with Gasteiger partial charge in [-0.15, -0.1) is 0 Å². The minimum absolute atomic E-state index is 0.329. The smallest absolute Gasteiger partial charge is 0.259 e. The Morgan fingerprint density at radius 3 is 2.78 bits per heavy atom. The molecule has 9 heavy (non-hydrogen) atoms. The summed E-state index contributed by atoms with van der Waals surface area (Å²) in [5.41, 5.74) is -1.24. The van der Waals surface area contributed by atoms with Gasteiger partial charge in [-0.25, -0.2) is 0 Å². The highest BCUT2D eigenvalue weighted by molar-refractivity contribution is 5.90. The summed E-state index contributed by atoms with van der Waals surface area (Å²) in [6, 6.07) is 0. The van der Waals surface area contributed by atoms with E-state index in [1.807, 2.05) is 0 Å². The first-order valence-corrected chi connectivity index (χ1v) is 2.90. The molecule has 1 amide bonds. The number of carbonyl (C=O) groups is 1. The van der Waals surface area contributed by atoms with E-state index < -0.39 is 5.60 Å². The van der Waals surface area contributed by atoms with Crippen LogP contribution in [0, 0.1) is 0 Å². The Labute approximate surface area is 53.4 Å². The van der Waals surface area contributed by atoms with Gasteiger partial charge in [0, 0.05) is 6.20 Å². The molecule has 0 radical (unpaired) electrons. The van der Waals surface area contributed by atoms with E-state index in [2.05, 4.69) is 5.32 Å². The van der Waals surface area contributed by atoms with Crippen molar-refractivity contribution in [1.82, 2.24) is 5.32 Å². The summed E-state index contributed by atoms with van der Waals surface area (Å²) < 4.78 is 0. The maximum absolute atomic E-state index is 10.7. The highest BCUT2D eigenvalue weighted by Crippen LogP contribution is 2.15. The van der Waals surface area contributed by atoms with E-state index in [4.69, 9.17) is 0 Å². The molecule has 2 N–H and O–H groups in total. The number of amides is 1. The van der Waals surface area contributed by atoms with Gasteiger partial charge in [-0.2, -0.15) is 0 Å². The van der Waals surface area contributed by atoms with Gasteiger partial charge in [-0.1, -0.05) is 6.92 Å². The van der Waals surface area contributed by atoms with Crippen molar-refractivity contribution >= 4 is 5.91 Å². The standard InChI is InChI=1S/C6H9NO2/c1-2-6(9)3-4-7-5(6)8/h3-4,9H,2H2,1H3,(H,7,8)/t6-/m1/s1. The van der Waals surface area contributed by atoms with Crippen molar-refractivity contribution in [2.75, 3.05) is 0 Å². The predicted molar refractivity (Wildman–Crippen MR) is 32.5 cm³/mol. The van der Waals surface area contributed by atoms with Gasteiger partial charge in [0.15, 0.2) is 5.60 Å². The Hall–Kier alpha value is -0.830. The van der Waals surface area contributed by atoms with Gasteiger partial charge in [-0.3, -0.25) is 4.79 Å². The summed E-state index contributed by atoms with van der Waals surface area (Å²) >= 11 is 0. The van der Waals surface area contributed by atoms with Crippen molar-refractivity contribution in [2.24, 2.45) is 0 Å². The van der Waals surface area contributed by atoms with Crippen LogP contribution >= 0.6 is 0 Å². The number of rotatable bonds is 1. The molecule has 0 aromatic rings. The monoisotopic (exact) mass is 127 g/mol. The fraction of sp³-hybridized carbons (Fsp3) is 0.500. The average molecular weight is 127 g/mol. The third kappa shape index (κ3) is 0.833. The van der Waals surface area contributed by atoms with Gasteiger partial charge in [0.2, 0.25) is 0 Å². The molecule has 1 heterocycles. The molecule has 1 aliphatic heterocycles. The van der Waals surface area contributed by atoms with Crippen LogP contribution < -0.4 is 5.32 Å². The maximum Gasteiger partial charge on any atom is 0.259 e. The molecule has 50 valence electrons. The zero-order valence-corrected chi connectivity index (χ0v) is 5.22. The fourth-order valence-corrected chi connectivity index (χ4v) is 0.734. The second-order valence-corrected chi connectivity index (χ2v) is 2.08. The zero-order chi connectivity index (χ0) is 6.91. The van der Waals surface area contributed by atoms with Crippen LogP contribution in [0.4, 0.5) is 0 Å². The van der Waals surface area contributed by atoms with Crippen LogP contribution in [0.3, 0.4) is 0 Å². The van der Waals surface area contributed by atoms with E-state index in [1.54, 1.807) is 6.92 Å². The molecule has 0 fully saturated rings. The molecule has 3 nitrogen and oxygen atoms in total. The van der Waals surface area contributed by atoms with E-state index in [0.717, 1.165) is 0 Å². The normalized spacial score (nSPS) is 32.9. The van der Waals surface area contributed by atoms with Gasteiger partial charge < -0.3 is 10.4 Å². The molecule has 0 saturated carbocycles. The Bertz CT molecular complexity index is 164. The first kappa shape index (κ1) is 6.29. The van der Waals surface area contributed by atoms with Crippen molar-refractivity contribution in [3.63, 3.8) is 0 Å². The Morgan fingerprint density at radius 1 is 1.89 bits per heavy atom. The fourth-order valence-electron chi connectivity index (χ4n) is 0.734. The quantitative estimate of drug-likeness (QED) is 0.511. The van der Waals surface area contributed by atoms with Crippen LogP contribution in [0.1, 0.15) is 13.3 Å². The Morgan fingerprint density at radius 2 is 2.56 bits per heavy atom. The number of aliphatic hydroxyl groups is 1. The van der Waals surface area contributed by atoms with E-state index in [1.165, 1.54) is 12.3 Å². The number of hydrogen-bond acceptors (Lipinski definition) is 2. The Kier molecular flexibility index (Phi) is 1.29. The SMILES string of the molecule is CC[C@@]1(O)C=CNC1=O. The molecular weight excluding hydrogens is 118 g/mol. The molecule has 0 aliphatic carbocycles. The third-order valence-corrected chi connectivity index (χ3v) is 1.51. The molecule has 1 aliphatic rings. The highest BCUT2D eigenvalue weighted by atomic mass is 16.3. The molecule has 0 spiro atoms. The van der Waals surface area contributed by atoms with Gasteiger partial charge in [0.1, 0.15) is 0 Å². The van der Waals surface area contributed by atoms with Gasteiger partial charge >= 0.3 is 0 Å². The van der Waals surface area contributed by atoms with Crippen molar-refractivity contribution in [3.8, 4) is 0 Å². The lowest BCUT2D eigenvalue weighted by Gasteiger charge is -2.13. The van der Waals surface area contributed by atoms with E-state index in [9.17, 15) is 9.90 Å². The summed E-state index contributed by atoms with van der Waals surface area (Å²) in [5.74, 6) is -0.329. The maximum atomic E-state index is 10.7. The van der Waals surface area contributed by atoms with Crippen LogP contribution in [-0.4, -0.2) is 16.6 Å². The average Bonchev–Trinajstić information content (AvgIpc) is 2.15. The van der Waals surface area contributed by atoms with Crippen molar-refractivity contribution in [2.45, 2.75) is 18.9 Å². The molecule has 1 atom stereocenters. The predicted octanol–water partition coefficient (Wildman–Crippen LogP) is -0.229. The van der Waals surface area contributed by atoms with Crippen LogP contribution in [0.2, 0.25) is 0 Å². The number of nitrogens with one attached hydrogen (secondary N) is 1. The first-order chi connectivity index (χ1) is 4.19. The van der Waals surface area contributed by atoms with Crippen molar-refractivity contribution in [1.29, 1.82) is 0 Å². The molecule has 1 rings (SSSR count). The first-order valence-electron chi connectivity index (χ1n) is 2.90. The van der Waals surface area contributed by atoms with E-state index in [0.29, 0.717) is 6.42 Å². The molecule has 0 unspecified atom stereocenters. The number of carbonyl (C=O) groups excluding carboxylic acids is 1. The van der Waals surface area contributed by atoms with E-state index >= 15 is 0 Å². The van der Waals surface area contributed by atoms with Gasteiger partial charge in [0.05, 0.1) is 0 Å². The lowest BCUT2D eigenvalue weighted by Crippen LogP contribution is -2.37. The second-order valence-electron chi connectivity index (χ2n) is 2.08. The summed E-state index contributed by atoms with van der Waals surface area (Å²) in [5, 5.41) is 11.7. The number of hydrogen-bond donors (Lipinski definition) is 2. The van der Waals surface area contributed by atoms with Crippen molar-refractivity contribution in [3.05, 3.63) is 12.3 Å². The molecule has 0 saturated heterocycles. The minimum atomic E-state index is -1.24. The lowest BCUT2D eigenvalue weighted by molar-refractivity contribution is -0.132. The van der Waals surface area contributed by atoms with E-state index in [-0.39, 0.29) is 5.91 Å². The van der Waals surface area contributed by atoms with Gasteiger partial charge in [-0.05, 0) is 12.5 Å². The summed E-state index contributed by atoms with van der Waals surface area (Å²) in [6.07, 6.45) is 3.36. The lowest BCUT2D eigenvalue weighted by atomic mass is 10.0. The summed E-state index contributed by atoms with van der Waals surface area (Å²) in [7, 11) is 0. The highest BCUT2D eigenvalue weighted by Gasteiger charge is 2.33. The summed E-state index contributed by atoms with van der Waals surface area (Å²) in [6.45, 7) is 1.76.